The molecular formula is C14H11FN2O3S. The lowest BCUT2D eigenvalue weighted by molar-refractivity contribution is 0.0696. The van der Waals surface area contributed by atoms with Crippen molar-refractivity contribution in [1.29, 1.82) is 0 Å². The Kier molecular flexibility index (Phi) is 4.54. The van der Waals surface area contributed by atoms with E-state index in [2.05, 4.69) is 10.3 Å². The average molecular weight is 306 g/mol. The third-order valence-electron chi connectivity index (χ3n) is 2.67. The molecule has 0 saturated carbocycles. The summed E-state index contributed by atoms with van der Waals surface area (Å²) in [5.74, 6) is -2.55. The van der Waals surface area contributed by atoms with Crippen molar-refractivity contribution in [2.24, 2.45) is 0 Å². The topological polar surface area (TPSA) is 79.3 Å². The van der Waals surface area contributed by atoms with Crippen LogP contribution < -0.4 is 5.32 Å². The number of carbonyl (C=O) groups excluding carboxylic acids is 1. The average Bonchev–Trinajstić information content (AvgIpc) is 2.48. The molecule has 0 aliphatic heterocycles. The maximum atomic E-state index is 13.8. The van der Waals surface area contributed by atoms with Crippen LogP contribution in [0.5, 0.6) is 0 Å². The molecule has 2 rings (SSSR count). The lowest BCUT2D eigenvalue weighted by atomic mass is 10.2. The van der Waals surface area contributed by atoms with Crippen LogP contribution in [0.1, 0.15) is 20.7 Å². The number of hydrogen-bond donors (Lipinski definition) is 2. The van der Waals surface area contributed by atoms with Gasteiger partial charge in [-0.2, -0.15) is 0 Å². The van der Waals surface area contributed by atoms with Crippen molar-refractivity contribution in [3.63, 3.8) is 0 Å². The number of carboxylic acid groups (broad SMARTS) is 1. The molecule has 0 atom stereocenters. The van der Waals surface area contributed by atoms with E-state index in [0.717, 1.165) is 6.07 Å². The third kappa shape index (κ3) is 3.38. The van der Waals surface area contributed by atoms with Crippen LogP contribution >= 0.6 is 11.8 Å². The zero-order valence-electron chi connectivity index (χ0n) is 11.0. The fourth-order valence-corrected chi connectivity index (χ4v) is 2.21. The highest BCUT2D eigenvalue weighted by Crippen LogP contribution is 2.20. The van der Waals surface area contributed by atoms with Gasteiger partial charge in [-0.05, 0) is 36.6 Å². The first-order chi connectivity index (χ1) is 10.0. The fourth-order valence-electron chi connectivity index (χ4n) is 1.67. The minimum atomic E-state index is -1.23. The van der Waals surface area contributed by atoms with Gasteiger partial charge in [-0.25, -0.2) is 14.2 Å². The lowest BCUT2D eigenvalue weighted by Gasteiger charge is -2.09. The highest BCUT2D eigenvalue weighted by atomic mass is 32.2. The van der Waals surface area contributed by atoms with Crippen molar-refractivity contribution in [3.8, 4) is 0 Å². The lowest BCUT2D eigenvalue weighted by Crippen LogP contribution is -2.15. The Labute approximate surface area is 124 Å². The highest BCUT2D eigenvalue weighted by Gasteiger charge is 2.15. The van der Waals surface area contributed by atoms with E-state index >= 15 is 0 Å². The summed E-state index contributed by atoms with van der Waals surface area (Å²) in [4.78, 5) is 26.9. The smallest absolute Gasteiger partial charge is 0.335 e. The summed E-state index contributed by atoms with van der Waals surface area (Å²) < 4.78 is 13.8. The SMILES string of the molecule is CSc1ncccc1C(=O)Nc1ccc(C(=O)O)cc1F. The monoisotopic (exact) mass is 306 g/mol. The molecular weight excluding hydrogens is 295 g/mol. The van der Waals surface area contributed by atoms with Crippen molar-refractivity contribution < 1.29 is 19.1 Å². The van der Waals surface area contributed by atoms with Gasteiger partial charge in [-0.1, -0.05) is 0 Å². The molecule has 2 N–H and O–H groups in total. The minimum Gasteiger partial charge on any atom is -0.478 e. The summed E-state index contributed by atoms with van der Waals surface area (Å²) in [6.45, 7) is 0. The quantitative estimate of drug-likeness (QED) is 0.849. The van der Waals surface area contributed by atoms with E-state index in [4.69, 9.17) is 5.11 Å². The maximum absolute atomic E-state index is 13.8. The van der Waals surface area contributed by atoms with E-state index < -0.39 is 17.7 Å². The van der Waals surface area contributed by atoms with Gasteiger partial charge in [0.25, 0.3) is 5.91 Å². The minimum absolute atomic E-state index is 0.0825. The van der Waals surface area contributed by atoms with E-state index in [1.165, 1.54) is 23.9 Å². The molecule has 7 heteroatoms. The van der Waals surface area contributed by atoms with Crippen LogP contribution in [0, 0.1) is 5.82 Å². The van der Waals surface area contributed by atoms with Gasteiger partial charge in [-0.15, -0.1) is 11.8 Å². The van der Waals surface area contributed by atoms with Crippen molar-refractivity contribution in [3.05, 3.63) is 53.5 Å². The number of rotatable bonds is 4. The number of hydrogen-bond acceptors (Lipinski definition) is 4. The molecule has 0 radical (unpaired) electrons. The normalized spacial score (nSPS) is 10.2. The number of amides is 1. The van der Waals surface area contributed by atoms with E-state index in [1.807, 2.05) is 0 Å². The molecule has 0 aliphatic rings. The van der Waals surface area contributed by atoms with Gasteiger partial charge in [0.1, 0.15) is 10.8 Å². The van der Waals surface area contributed by atoms with Crippen LogP contribution in [0.2, 0.25) is 0 Å². The number of nitrogens with one attached hydrogen (secondary N) is 1. The number of carbonyl (C=O) groups is 2. The molecule has 1 aromatic heterocycles. The number of aromatic nitrogens is 1. The van der Waals surface area contributed by atoms with Crippen LogP contribution in [0.4, 0.5) is 10.1 Å². The Morgan fingerprint density at radius 3 is 2.71 bits per heavy atom. The molecule has 0 bridgehead atoms. The molecule has 5 nitrogen and oxygen atoms in total. The van der Waals surface area contributed by atoms with Crippen LogP contribution in [0.3, 0.4) is 0 Å². The van der Waals surface area contributed by atoms with E-state index in [0.29, 0.717) is 10.6 Å². The molecule has 0 spiro atoms. The Morgan fingerprint density at radius 1 is 1.33 bits per heavy atom. The molecule has 1 heterocycles. The third-order valence-corrected chi connectivity index (χ3v) is 3.39. The molecule has 0 fully saturated rings. The van der Waals surface area contributed by atoms with Crippen LogP contribution in [0.25, 0.3) is 0 Å². The van der Waals surface area contributed by atoms with Crippen molar-refractivity contribution in [1.82, 2.24) is 4.98 Å². The van der Waals surface area contributed by atoms with Gasteiger partial charge in [0, 0.05) is 6.20 Å². The molecule has 2 aromatic rings. The predicted octanol–water partition coefficient (Wildman–Crippen LogP) is 2.89. The number of aromatic carboxylic acids is 1. The fraction of sp³-hybridized carbons (Fsp3) is 0.0714. The first-order valence-electron chi connectivity index (χ1n) is 5.86. The van der Waals surface area contributed by atoms with Crippen molar-refractivity contribution in [2.75, 3.05) is 11.6 Å². The summed E-state index contributed by atoms with van der Waals surface area (Å²) in [6.07, 6.45) is 3.34. The molecule has 1 aromatic carbocycles. The molecule has 0 aliphatic carbocycles. The number of halogens is 1. The van der Waals surface area contributed by atoms with Gasteiger partial charge in [0.2, 0.25) is 0 Å². The Morgan fingerprint density at radius 2 is 2.10 bits per heavy atom. The van der Waals surface area contributed by atoms with Gasteiger partial charge in [0.05, 0.1) is 16.8 Å². The second-order valence-corrected chi connectivity index (χ2v) is 4.81. The Hall–Kier alpha value is -2.41. The largest absolute Gasteiger partial charge is 0.478 e. The predicted molar refractivity (Wildman–Crippen MR) is 77.3 cm³/mol. The standard InChI is InChI=1S/C14H11FN2O3S/c1-21-13-9(3-2-6-16-13)12(18)17-11-5-4-8(14(19)20)7-10(11)15/h2-7H,1H3,(H,17,18)(H,19,20). The van der Waals surface area contributed by atoms with Crippen molar-refractivity contribution in [2.45, 2.75) is 5.03 Å². The second kappa shape index (κ2) is 6.36. The second-order valence-electron chi connectivity index (χ2n) is 4.01. The van der Waals surface area contributed by atoms with E-state index in [-0.39, 0.29) is 11.3 Å². The first kappa shape index (κ1) is 15.0. The number of carboxylic acids is 1. The van der Waals surface area contributed by atoms with Crippen molar-refractivity contribution >= 4 is 29.3 Å². The number of pyridine rings is 1. The summed E-state index contributed by atoms with van der Waals surface area (Å²) in [5, 5.41) is 11.7. The molecule has 1 amide bonds. The Balaban J connectivity index is 2.26. The van der Waals surface area contributed by atoms with Gasteiger partial charge >= 0.3 is 5.97 Å². The number of nitrogens with zero attached hydrogens (tertiary/aromatic N) is 1. The summed E-state index contributed by atoms with van der Waals surface area (Å²) >= 11 is 1.30. The van der Waals surface area contributed by atoms with Crippen LogP contribution in [0.15, 0.2) is 41.6 Å². The summed E-state index contributed by atoms with van der Waals surface area (Å²) in [7, 11) is 0. The van der Waals surface area contributed by atoms with Crippen LogP contribution in [-0.4, -0.2) is 28.2 Å². The molecule has 21 heavy (non-hydrogen) atoms. The number of anilines is 1. The molecule has 0 unspecified atom stereocenters. The zero-order chi connectivity index (χ0) is 15.4. The van der Waals surface area contributed by atoms with Crippen LogP contribution in [-0.2, 0) is 0 Å². The van der Waals surface area contributed by atoms with Gasteiger partial charge in [0.15, 0.2) is 0 Å². The van der Waals surface area contributed by atoms with E-state index in [9.17, 15) is 14.0 Å². The molecule has 108 valence electrons. The van der Waals surface area contributed by atoms with E-state index in [1.54, 1.807) is 24.6 Å². The number of benzene rings is 1. The first-order valence-corrected chi connectivity index (χ1v) is 7.08. The maximum Gasteiger partial charge on any atom is 0.335 e. The number of thioether (sulfide) groups is 1. The highest BCUT2D eigenvalue weighted by molar-refractivity contribution is 7.98. The Bertz CT molecular complexity index is 706. The summed E-state index contributed by atoms with van der Waals surface area (Å²) in [6, 6.07) is 6.48. The zero-order valence-corrected chi connectivity index (χ0v) is 11.8. The van der Waals surface area contributed by atoms with Gasteiger partial charge in [-0.3, -0.25) is 4.79 Å². The molecule has 0 saturated heterocycles. The summed E-state index contributed by atoms with van der Waals surface area (Å²) in [5.41, 5.74) is 0.0595. The van der Waals surface area contributed by atoms with Gasteiger partial charge < -0.3 is 10.4 Å².